The summed E-state index contributed by atoms with van der Waals surface area (Å²) in [5.74, 6) is 0.606. The number of primary amides is 1. The van der Waals surface area contributed by atoms with Crippen molar-refractivity contribution in [3.05, 3.63) is 106 Å². The molecule has 0 spiro atoms. The molecule has 1 aliphatic carbocycles. The molecule has 3 aliphatic rings. The molecule has 1 saturated carbocycles. The number of nitrogens with zero attached hydrogens (tertiary/aromatic N) is 2. The fourth-order valence-corrected chi connectivity index (χ4v) is 7.13. The largest absolute Gasteiger partial charge is 0.493 e. The van der Waals surface area contributed by atoms with Crippen LogP contribution in [0.5, 0.6) is 5.75 Å². The molecule has 252 valence electrons. The quantitative estimate of drug-likeness (QED) is 0.258. The number of benzene rings is 3. The van der Waals surface area contributed by atoms with Crippen molar-refractivity contribution in [2.24, 2.45) is 5.73 Å². The summed E-state index contributed by atoms with van der Waals surface area (Å²) in [5, 5.41) is 3.70. The highest BCUT2D eigenvalue weighted by Gasteiger charge is 2.43. The predicted octanol–water partition coefficient (Wildman–Crippen LogP) is 5.41. The smallest absolute Gasteiger partial charge is 0.252 e. The van der Waals surface area contributed by atoms with Crippen molar-refractivity contribution in [2.75, 3.05) is 19.7 Å². The molecule has 1 saturated heterocycles. The first kappa shape index (κ1) is 33.5. The lowest BCUT2D eigenvalue weighted by molar-refractivity contribution is -0.134. The standard InChI is InChI=1S/C40H48N4O4/c1-26-20-27(2)28(3)36(21-26)48-19-18-29-12-14-31(15-13-29)34-22-32-24-43(38(46)11-7-10-37(41)45)25-35(42-32)39(34)40(47)44(33-16-17-33)23-30-8-5-4-6-9-30/h4-6,8-9,12-15,20-21,32-33,35,42H,7,10-11,16-19,22-25H2,1-3H3,(H2,41,45). The Morgan fingerprint density at radius 1 is 0.938 bits per heavy atom. The summed E-state index contributed by atoms with van der Waals surface area (Å²) in [5.41, 5.74) is 14.1. The van der Waals surface area contributed by atoms with E-state index in [0.717, 1.165) is 47.3 Å². The molecule has 2 heterocycles. The number of hydrogen-bond acceptors (Lipinski definition) is 5. The van der Waals surface area contributed by atoms with Crippen LogP contribution in [0.3, 0.4) is 0 Å². The van der Waals surface area contributed by atoms with Gasteiger partial charge < -0.3 is 25.6 Å². The third-order valence-corrected chi connectivity index (χ3v) is 9.96. The van der Waals surface area contributed by atoms with E-state index < -0.39 is 5.91 Å². The third kappa shape index (κ3) is 7.98. The predicted molar refractivity (Wildman–Crippen MR) is 188 cm³/mol. The molecule has 2 fully saturated rings. The Balaban J connectivity index is 1.24. The maximum absolute atomic E-state index is 14.7. The first-order chi connectivity index (χ1) is 23.2. The van der Waals surface area contributed by atoms with Gasteiger partial charge in [0.05, 0.1) is 12.6 Å². The van der Waals surface area contributed by atoms with Gasteiger partial charge in [-0.2, -0.15) is 0 Å². The maximum atomic E-state index is 14.7. The number of ether oxygens (including phenoxy) is 1. The van der Waals surface area contributed by atoms with Crippen molar-refractivity contribution < 1.29 is 19.1 Å². The molecular formula is C40H48N4O4. The molecule has 3 N–H and O–H groups in total. The van der Waals surface area contributed by atoms with E-state index in [9.17, 15) is 14.4 Å². The Morgan fingerprint density at radius 2 is 1.69 bits per heavy atom. The summed E-state index contributed by atoms with van der Waals surface area (Å²) >= 11 is 0. The average molecular weight is 649 g/mol. The van der Waals surface area contributed by atoms with E-state index in [1.807, 2.05) is 28.0 Å². The van der Waals surface area contributed by atoms with Gasteiger partial charge in [0.1, 0.15) is 5.75 Å². The lowest BCUT2D eigenvalue weighted by atomic mass is 9.82. The highest BCUT2D eigenvalue weighted by Crippen LogP contribution is 2.37. The second kappa shape index (κ2) is 14.8. The second-order valence-electron chi connectivity index (χ2n) is 13.8. The summed E-state index contributed by atoms with van der Waals surface area (Å²) in [6.45, 7) is 8.45. The molecule has 6 rings (SSSR count). The Kier molecular flexibility index (Phi) is 10.3. The molecule has 48 heavy (non-hydrogen) atoms. The summed E-state index contributed by atoms with van der Waals surface area (Å²) < 4.78 is 6.19. The summed E-state index contributed by atoms with van der Waals surface area (Å²) in [4.78, 5) is 43.1. The number of nitrogens with one attached hydrogen (secondary N) is 1. The number of carbonyl (C=O) groups excluding carboxylic acids is 3. The number of rotatable bonds is 13. The minimum atomic E-state index is -0.394. The Bertz CT molecular complexity index is 1680. The van der Waals surface area contributed by atoms with Crippen molar-refractivity contribution in [1.29, 1.82) is 0 Å². The number of amides is 3. The topological polar surface area (TPSA) is 105 Å². The molecule has 3 aromatic carbocycles. The minimum absolute atomic E-state index is 0.00826. The second-order valence-corrected chi connectivity index (χ2v) is 13.8. The van der Waals surface area contributed by atoms with Crippen LogP contribution in [0.1, 0.15) is 71.9 Å². The van der Waals surface area contributed by atoms with Gasteiger partial charge in [-0.1, -0.05) is 60.7 Å². The van der Waals surface area contributed by atoms with E-state index in [1.165, 1.54) is 22.3 Å². The van der Waals surface area contributed by atoms with Gasteiger partial charge in [-0.3, -0.25) is 14.4 Å². The lowest BCUT2D eigenvalue weighted by Gasteiger charge is -2.45. The molecule has 2 aliphatic heterocycles. The molecule has 8 nitrogen and oxygen atoms in total. The van der Waals surface area contributed by atoms with Crippen LogP contribution in [-0.2, 0) is 27.3 Å². The van der Waals surface area contributed by atoms with Crippen molar-refractivity contribution in [1.82, 2.24) is 15.1 Å². The number of piperazine rings is 1. The minimum Gasteiger partial charge on any atom is -0.493 e. The van der Waals surface area contributed by atoms with Crippen LogP contribution in [0.4, 0.5) is 0 Å². The van der Waals surface area contributed by atoms with Crippen LogP contribution >= 0.6 is 0 Å². The Hall–Kier alpha value is -4.43. The Morgan fingerprint density at radius 3 is 2.40 bits per heavy atom. The highest BCUT2D eigenvalue weighted by atomic mass is 16.5. The van der Waals surface area contributed by atoms with Gasteiger partial charge in [0, 0.05) is 56.6 Å². The molecule has 3 aromatic rings. The van der Waals surface area contributed by atoms with Crippen LogP contribution in [0.15, 0.2) is 72.3 Å². The molecular weight excluding hydrogens is 600 g/mol. The van der Waals surface area contributed by atoms with Gasteiger partial charge in [-0.15, -0.1) is 0 Å². The van der Waals surface area contributed by atoms with Crippen molar-refractivity contribution in [2.45, 2.75) is 90.4 Å². The van der Waals surface area contributed by atoms with Gasteiger partial charge in [0.15, 0.2) is 0 Å². The number of aryl methyl sites for hydroxylation is 2. The first-order valence-corrected chi connectivity index (χ1v) is 17.4. The molecule has 2 unspecified atom stereocenters. The van der Waals surface area contributed by atoms with Crippen molar-refractivity contribution >= 4 is 23.3 Å². The SMILES string of the molecule is Cc1cc(C)c(C)c(OCCc2ccc(C3=C(C(=O)N(Cc4ccccc4)C4CC4)C4CN(C(=O)CCCC(N)=O)CC(C3)N4)cc2)c1. The van der Waals surface area contributed by atoms with E-state index >= 15 is 0 Å². The third-order valence-electron chi connectivity index (χ3n) is 9.96. The molecule has 2 bridgehead atoms. The Labute approximate surface area is 284 Å². The number of fused-ring (bicyclic) bond motifs is 2. The van der Waals surface area contributed by atoms with E-state index in [4.69, 9.17) is 10.5 Å². The first-order valence-electron chi connectivity index (χ1n) is 17.4. The number of nitrogens with two attached hydrogens (primary N) is 1. The zero-order valence-corrected chi connectivity index (χ0v) is 28.5. The normalized spacial score (nSPS) is 18.9. The monoisotopic (exact) mass is 648 g/mol. The maximum Gasteiger partial charge on any atom is 0.252 e. The summed E-state index contributed by atoms with van der Waals surface area (Å²) in [6.07, 6.45) is 4.36. The van der Waals surface area contributed by atoms with Crippen LogP contribution < -0.4 is 15.8 Å². The zero-order chi connectivity index (χ0) is 33.8. The van der Waals surface area contributed by atoms with Crippen LogP contribution in [0, 0.1) is 20.8 Å². The summed E-state index contributed by atoms with van der Waals surface area (Å²) in [6, 6.07) is 23.0. The van der Waals surface area contributed by atoms with E-state index in [2.05, 4.69) is 74.6 Å². The molecule has 3 amide bonds. The fraction of sp³-hybridized carbons (Fsp3) is 0.425. The molecule has 0 radical (unpaired) electrons. The highest BCUT2D eigenvalue weighted by molar-refractivity contribution is 6.03. The lowest BCUT2D eigenvalue weighted by Crippen LogP contribution is -2.62. The molecule has 0 aromatic heterocycles. The van der Waals surface area contributed by atoms with E-state index in [-0.39, 0.29) is 42.8 Å². The molecule has 8 heteroatoms. The van der Waals surface area contributed by atoms with Gasteiger partial charge in [-0.25, -0.2) is 0 Å². The van der Waals surface area contributed by atoms with Gasteiger partial charge >= 0.3 is 0 Å². The van der Waals surface area contributed by atoms with Crippen molar-refractivity contribution in [3.63, 3.8) is 0 Å². The van der Waals surface area contributed by atoms with Crippen LogP contribution in [-0.4, -0.2) is 65.3 Å². The van der Waals surface area contributed by atoms with Crippen LogP contribution in [0.2, 0.25) is 0 Å². The zero-order valence-electron chi connectivity index (χ0n) is 28.5. The van der Waals surface area contributed by atoms with E-state index in [0.29, 0.717) is 39.1 Å². The van der Waals surface area contributed by atoms with Gasteiger partial charge in [0.2, 0.25) is 11.8 Å². The van der Waals surface area contributed by atoms with Crippen LogP contribution in [0.25, 0.3) is 5.57 Å². The molecule has 2 atom stereocenters. The van der Waals surface area contributed by atoms with Gasteiger partial charge in [0.25, 0.3) is 5.91 Å². The van der Waals surface area contributed by atoms with Gasteiger partial charge in [-0.05, 0) is 91.5 Å². The summed E-state index contributed by atoms with van der Waals surface area (Å²) in [7, 11) is 0. The number of hydrogen-bond donors (Lipinski definition) is 2. The van der Waals surface area contributed by atoms with E-state index in [1.54, 1.807) is 0 Å². The average Bonchev–Trinajstić information content (AvgIpc) is 3.91. The fourth-order valence-electron chi connectivity index (χ4n) is 7.13. The van der Waals surface area contributed by atoms with Crippen molar-refractivity contribution in [3.8, 4) is 5.75 Å². The number of carbonyl (C=O) groups is 3.